The molecule has 1 aliphatic heterocycles. The van der Waals surface area contributed by atoms with E-state index in [0.29, 0.717) is 23.5 Å². The van der Waals surface area contributed by atoms with Gasteiger partial charge in [0.1, 0.15) is 0 Å². The number of benzene rings is 1. The van der Waals surface area contributed by atoms with Crippen molar-refractivity contribution in [3.8, 4) is 0 Å². The van der Waals surface area contributed by atoms with E-state index in [0.717, 1.165) is 31.0 Å². The van der Waals surface area contributed by atoms with Gasteiger partial charge in [-0.3, -0.25) is 4.99 Å². The molecular weight excluding hydrogens is 362 g/mol. The van der Waals surface area contributed by atoms with Crippen molar-refractivity contribution in [2.45, 2.75) is 25.5 Å². The monoisotopic (exact) mass is 389 g/mol. The number of nitrogens with zero attached hydrogens (tertiary/aromatic N) is 4. The molecule has 0 spiro atoms. The molecule has 2 aromatic rings. The topological polar surface area (TPSA) is 54.7 Å². The van der Waals surface area contributed by atoms with Crippen molar-refractivity contribution in [1.82, 2.24) is 19.8 Å². The van der Waals surface area contributed by atoms with Crippen LogP contribution in [0, 0.1) is 5.92 Å². The molecule has 1 N–H and O–H groups in total. The molecule has 2 heterocycles. The Hall–Kier alpha value is -2.05. The molecule has 0 amide bonds. The molecule has 3 unspecified atom stereocenters. The Bertz CT molecular complexity index is 749. The van der Waals surface area contributed by atoms with Crippen molar-refractivity contribution in [2.24, 2.45) is 10.9 Å². The fraction of sp³-hybridized carbons (Fsp3) is 0.500. The summed E-state index contributed by atoms with van der Waals surface area (Å²) < 4.78 is 7.87. The Balaban J connectivity index is 1.64. The third-order valence-corrected chi connectivity index (χ3v) is 5.52. The van der Waals surface area contributed by atoms with Gasteiger partial charge < -0.3 is 19.5 Å². The fourth-order valence-electron chi connectivity index (χ4n) is 3.66. The minimum atomic E-state index is -0.0893. The molecule has 1 saturated heterocycles. The van der Waals surface area contributed by atoms with Crippen LogP contribution in [0.1, 0.15) is 31.1 Å². The van der Waals surface area contributed by atoms with Crippen molar-refractivity contribution in [3.63, 3.8) is 0 Å². The van der Waals surface area contributed by atoms with Crippen molar-refractivity contribution >= 4 is 17.6 Å². The van der Waals surface area contributed by atoms with Gasteiger partial charge in [0.2, 0.25) is 0 Å². The summed E-state index contributed by atoms with van der Waals surface area (Å²) >= 11 is 6.12. The van der Waals surface area contributed by atoms with E-state index in [2.05, 4.69) is 31.7 Å². The second-order valence-corrected chi connectivity index (χ2v) is 7.43. The van der Waals surface area contributed by atoms with E-state index in [9.17, 15) is 0 Å². The third kappa shape index (κ3) is 4.82. The first kappa shape index (κ1) is 19.7. The van der Waals surface area contributed by atoms with Gasteiger partial charge in [0, 0.05) is 51.2 Å². The van der Waals surface area contributed by atoms with Crippen LogP contribution in [0.3, 0.4) is 0 Å². The lowest BCUT2D eigenvalue weighted by molar-refractivity contribution is 0.105. The standard InChI is InChI=1S/C20H28ClN5O/c1-15-7-9-25(13-18(15)26-10-8-23-14-26)20(22-2)24-12-19(27-3)16-5-4-6-17(21)11-16/h4-6,8,10-11,14-15,18-19H,7,9,12-13H2,1-3H3,(H,22,24). The first-order valence-electron chi connectivity index (χ1n) is 9.33. The van der Waals surface area contributed by atoms with Crippen LogP contribution < -0.4 is 5.32 Å². The zero-order valence-electron chi connectivity index (χ0n) is 16.2. The number of nitrogens with one attached hydrogen (secondary N) is 1. The molecule has 0 radical (unpaired) electrons. The fourth-order valence-corrected chi connectivity index (χ4v) is 3.85. The summed E-state index contributed by atoms with van der Waals surface area (Å²) in [7, 11) is 3.54. The Morgan fingerprint density at radius 1 is 1.48 bits per heavy atom. The van der Waals surface area contributed by atoms with E-state index in [1.807, 2.05) is 50.0 Å². The molecule has 1 aromatic carbocycles. The molecule has 1 aliphatic rings. The number of hydrogen-bond acceptors (Lipinski definition) is 3. The molecule has 1 aromatic heterocycles. The van der Waals surface area contributed by atoms with E-state index < -0.39 is 0 Å². The summed E-state index contributed by atoms with van der Waals surface area (Å²) in [6, 6.07) is 8.18. The number of hydrogen-bond donors (Lipinski definition) is 1. The van der Waals surface area contributed by atoms with E-state index in [4.69, 9.17) is 16.3 Å². The summed E-state index contributed by atoms with van der Waals surface area (Å²) in [6.07, 6.45) is 6.81. The number of likely N-dealkylation sites (tertiary alicyclic amines) is 1. The van der Waals surface area contributed by atoms with Gasteiger partial charge in [-0.2, -0.15) is 0 Å². The van der Waals surface area contributed by atoms with Crippen molar-refractivity contribution < 1.29 is 4.74 Å². The molecule has 3 rings (SSSR count). The van der Waals surface area contributed by atoms with Gasteiger partial charge in [0.25, 0.3) is 0 Å². The van der Waals surface area contributed by atoms with Gasteiger partial charge in [0.15, 0.2) is 5.96 Å². The second-order valence-electron chi connectivity index (χ2n) is 7.00. The van der Waals surface area contributed by atoms with Crippen LogP contribution in [0.2, 0.25) is 5.02 Å². The third-order valence-electron chi connectivity index (χ3n) is 5.29. The molecule has 1 fully saturated rings. The molecule has 6 nitrogen and oxygen atoms in total. The van der Waals surface area contributed by atoms with Crippen molar-refractivity contribution in [3.05, 3.63) is 53.6 Å². The normalized spacial score (nSPS) is 21.9. The lowest BCUT2D eigenvalue weighted by Crippen LogP contribution is -2.49. The molecular formula is C20H28ClN5O. The highest BCUT2D eigenvalue weighted by Crippen LogP contribution is 2.27. The van der Waals surface area contributed by atoms with E-state index >= 15 is 0 Å². The Kier molecular flexibility index (Phi) is 6.74. The molecule has 27 heavy (non-hydrogen) atoms. The lowest BCUT2D eigenvalue weighted by Gasteiger charge is -2.39. The average Bonchev–Trinajstić information content (AvgIpc) is 3.21. The van der Waals surface area contributed by atoms with Crippen LogP contribution in [-0.4, -0.2) is 54.2 Å². The van der Waals surface area contributed by atoms with E-state index in [1.54, 1.807) is 7.11 Å². The minimum Gasteiger partial charge on any atom is -0.375 e. The highest BCUT2D eigenvalue weighted by atomic mass is 35.5. The van der Waals surface area contributed by atoms with Crippen LogP contribution in [0.5, 0.6) is 0 Å². The van der Waals surface area contributed by atoms with Gasteiger partial charge in [-0.05, 0) is 30.0 Å². The maximum absolute atomic E-state index is 6.12. The van der Waals surface area contributed by atoms with Crippen LogP contribution in [-0.2, 0) is 4.74 Å². The number of ether oxygens (including phenoxy) is 1. The van der Waals surface area contributed by atoms with E-state index in [-0.39, 0.29) is 6.10 Å². The van der Waals surface area contributed by atoms with Gasteiger partial charge in [-0.25, -0.2) is 4.98 Å². The van der Waals surface area contributed by atoms with Crippen LogP contribution >= 0.6 is 11.6 Å². The number of methoxy groups -OCH3 is 1. The number of guanidine groups is 1. The second kappa shape index (κ2) is 9.24. The van der Waals surface area contributed by atoms with Crippen LogP contribution in [0.4, 0.5) is 0 Å². The number of imidazole rings is 1. The predicted molar refractivity (Wildman–Crippen MR) is 109 cm³/mol. The summed E-state index contributed by atoms with van der Waals surface area (Å²) in [5.41, 5.74) is 1.05. The zero-order chi connectivity index (χ0) is 19.2. The Morgan fingerprint density at radius 3 is 3.00 bits per heavy atom. The first-order chi connectivity index (χ1) is 13.1. The number of halogens is 1. The average molecular weight is 390 g/mol. The maximum atomic E-state index is 6.12. The molecule has 0 bridgehead atoms. The largest absolute Gasteiger partial charge is 0.375 e. The number of aromatic nitrogens is 2. The summed E-state index contributed by atoms with van der Waals surface area (Å²) in [4.78, 5) is 11.0. The number of aliphatic imine (C=N–C) groups is 1. The number of rotatable bonds is 5. The van der Waals surface area contributed by atoms with Crippen LogP contribution in [0.15, 0.2) is 48.0 Å². The molecule has 146 valence electrons. The van der Waals surface area contributed by atoms with Gasteiger partial charge >= 0.3 is 0 Å². The Labute approximate surface area is 166 Å². The number of piperidine rings is 1. The summed E-state index contributed by atoms with van der Waals surface area (Å²) in [5, 5.41) is 4.19. The lowest BCUT2D eigenvalue weighted by atomic mass is 9.93. The first-order valence-corrected chi connectivity index (χ1v) is 9.71. The SMILES string of the molecule is CN=C(NCC(OC)c1cccc(Cl)c1)N1CCC(C)C(n2ccnc2)C1. The van der Waals surface area contributed by atoms with Gasteiger partial charge in [-0.1, -0.05) is 30.7 Å². The smallest absolute Gasteiger partial charge is 0.193 e. The molecule has 0 saturated carbocycles. The van der Waals surface area contributed by atoms with Crippen molar-refractivity contribution in [1.29, 1.82) is 0 Å². The zero-order valence-corrected chi connectivity index (χ0v) is 16.9. The molecule has 3 atom stereocenters. The minimum absolute atomic E-state index is 0.0893. The summed E-state index contributed by atoms with van der Waals surface area (Å²) in [6.45, 7) is 4.83. The highest BCUT2D eigenvalue weighted by Gasteiger charge is 2.29. The van der Waals surface area contributed by atoms with E-state index in [1.165, 1.54) is 0 Å². The predicted octanol–water partition coefficient (Wildman–Crippen LogP) is 3.38. The van der Waals surface area contributed by atoms with Crippen molar-refractivity contribution in [2.75, 3.05) is 33.8 Å². The maximum Gasteiger partial charge on any atom is 0.193 e. The van der Waals surface area contributed by atoms with Crippen LogP contribution in [0.25, 0.3) is 0 Å². The van der Waals surface area contributed by atoms with Gasteiger partial charge in [0.05, 0.1) is 18.5 Å². The molecule has 0 aliphatic carbocycles. The quantitative estimate of drug-likeness (QED) is 0.629. The summed E-state index contributed by atoms with van der Waals surface area (Å²) in [5.74, 6) is 1.50. The van der Waals surface area contributed by atoms with Gasteiger partial charge in [-0.15, -0.1) is 0 Å². The molecule has 7 heteroatoms. The Morgan fingerprint density at radius 2 is 2.33 bits per heavy atom. The highest BCUT2D eigenvalue weighted by molar-refractivity contribution is 6.30.